The summed E-state index contributed by atoms with van der Waals surface area (Å²) in [6.45, 7) is 0. The van der Waals surface area contributed by atoms with E-state index in [1.54, 1.807) is 0 Å². The first kappa shape index (κ1) is 9.66. The van der Waals surface area contributed by atoms with E-state index < -0.39 is 0 Å². The minimum atomic E-state index is 1.09. The first-order valence-electron chi connectivity index (χ1n) is 6.07. The summed E-state index contributed by atoms with van der Waals surface area (Å²) < 4.78 is 2.30. The van der Waals surface area contributed by atoms with Gasteiger partial charge in [0.25, 0.3) is 0 Å². The summed E-state index contributed by atoms with van der Waals surface area (Å²) >= 11 is 0. The quantitative estimate of drug-likeness (QED) is 0.442. The average molecular weight is 232 g/mol. The van der Waals surface area contributed by atoms with Gasteiger partial charge in [0.15, 0.2) is 0 Å². The normalized spacial score (nSPS) is 15.1. The second-order valence-corrected chi connectivity index (χ2v) is 4.51. The lowest BCUT2D eigenvalue weighted by molar-refractivity contribution is 1.14. The van der Waals surface area contributed by atoms with E-state index in [-0.39, 0.29) is 0 Å². The molecule has 86 valence electrons. The Morgan fingerprint density at radius 2 is 1.72 bits per heavy atom. The molecule has 2 heterocycles. The Morgan fingerprint density at radius 3 is 2.61 bits per heavy atom. The van der Waals surface area contributed by atoms with Crippen LogP contribution >= 0.6 is 0 Å². The minimum Gasteiger partial charge on any atom is -0.307 e. The van der Waals surface area contributed by atoms with E-state index in [0.717, 1.165) is 5.71 Å². The van der Waals surface area contributed by atoms with E-state index in [1.807, 2.05) is 7.05 Å². The number of aliphatic imine (C=N–C) groups is 1. The SMILES string of the molecule is CN=C1c2ccccc2-n2c1cc1ccccc12. The number of nitrogens with zero attached hydrogens (tertiary/aromatic N) is 2. The van der Waals surface area contributed by atoms with Crippen LogP contribution in [-0.4, -0.2) is 17.3 Å². The standard InChI is InChI=1S/C16H12N2/c1-17-16-12-7-3-5-9-14(12)18-13-8-4-2-6-11(13)10-15(16)18/h2-10H,1H3. The lowest BCUT2D eigenvalue weighted by Crippen LogP contribution is -1.97. The summed E-state index contributed by atoms with van der Waals surface area (Å²) in [4.78, 5) is 4.46. The lowest BCUT2D eigenvalue weighted by Gasteiger charge is -2.03. The van der Waals surface area contributed by atoms with E-state index in [1.165, 1.54) is 27.8 Å². The Balaban J connectivity index is 2.21. The second-order valence-electron chi connectivity index (χ2n) is 4.51. The molecule has 0 fully saturated rings. The van der Waals surface area contributed by atoms with Crippen molar-refractivity contribution in [2.24, 2.45) is 4.99 Å². The van der Waals surface area contributed by atoms with Crippen LogP contribution in [0.1, 0.15) is 11.3 Å². The van der Waals surface area contributed by atoms with Gasteiger partial charge in [-0.2, -0.15) is 0 Å². The van der Waals surface area contributed by atoms with Crippen molar-refractivity contribution in [1.29, 1.82) is 0 Å². The third kappa shape index (κ3) is 1.05. The molecule has 2 nitrogen and oxygen atoms in total. The van der Waals surface area contributed by atoms with Crippen molar-refractivity contribution in [3.05, 3.63) is 65.9 Å². The monoisotopic (exact) mass is 232 g/mol. The molecule has 0 bridgehead atoms. The van der Waals surface area contributed by atoms with Gasteiger partial charge in [0, 0.05) is 18.0 Å². The molecule has 0 saturated carbocycles. The highest BCUT2D eigenvalue weighted by atomic mass is 15.0. The molecule has 4 rings (SSSR count). The van der Waals surface area contributed by atoms with Crippen LogP contribution in [0.4, 0.5) is 0 Å². The van der Waals surface area contributed by atoms with Gasteiger partial charge >= 0.3 is 0 Å². The zero-order valence-corrected chi connectivity index (χ0v) is 10.1. The predicted octanol–water partition coefficient (Wildman–Crippen LogP) is 3.41. The Hall–Kier alpha value is -2.35. The number of hydrogen-bond acceptors (Lipinski definition) is 1. The van der Waals surface area contributed by atoms with Crippen molar-refractivity contribution in [2.45, 2.75) is 0 Å². The van der Waals surface area contributed by atoms with Crippen LogP contribution in [0.25, 0.3) is 16.6 Å². The zero-order chi connectivity index (χ0) is 12.1. The van der Waals surface area contributed by atoms with Gasteiger partial charge in [-0.25, -0.2) is 0 Å². The number of rotatable bonds is 0. The molecule has 0 atom stereocenters. The van der Waals surface area contributed by atoms with Crippen molar-refractivity contribution in [2.75, 3.05) is 7.05 Å². The van der Waals surface area contributed by atoms with Gasteiger partial charge in [0.1, 0.15) is 0 Å². The first-order valence-corrected chi connectivity index (χ1v) is 6.07. The van der Waals surface area contributed by atoms with Crippen molar-refractivity contribution < 1.29 is 0 Å². The van der Waals surface area contributed by atoms with Crippen LogP contribution in [-0.2, 0) is 0 Å². The van der Waals surface area contributed by atoms with Crippen LogP contribution in [0.5, 0.6) is 0 Å². The predicted molar refractivity (Wildman–Crippen MR) is 74.8 cm³/mol. The van der Waals surface area contributed by atoms with Crippen molar-refractivity contribution >= 4 is 16.6 Å². The van der Waals surface area contributed by atoms with Gasteiger partial charge < -0.3 is 4.57 Å². The smallest absolute Gasteiger partial charge is 0.0904 e. The molecule has 1 aliphatic heterocycles. The number of hydrogen-bond donors (Lipinski definition) is 0. The summed E-state index contributed by atoms with van der Waals surface area (Å²) in [7, 11) is 1.86. The maximum absolute atomic E-state index is 4.46. The summed E-state index contributed by atoms with van der Waals surface area (Å²) in [6, 6.07) is 19.1. The maximum Gasteiger partial charge on any atom is 0.0904 e. The zero-order valence-electron chi connectivity index (χ0n) is 10.1. The summed E-state index contributed by atoms with van der Waals surface area (Å²) in [6.07, 6.45) is 0. The van der Waals surface area contributed by atoms with Crippen molar-refractivity contribution in [3.63, 3.8) is 0 Å². The molecule has 0 amide bonds. The Kier molecular flexibility index (Phi) is 1.78. The minimum absolute atomic E-state index is 1.09. The Morgan fingerprint density at radius 1 is 0.944 bits per heavy atom. The highest BCUT2D eigenvalue weighted by Crippen LogP contribution is 2.34. The molecular weight excluding hydrogens is 220 g/mol. The van der Waals surface area contributed by atoms with Crippen LogP contribution in [0.2, 0.25) is 0 Å². The fourth-order valence-corrected chi connectivity index (χ4v) is 2.83. The molecule has 1 aliphatic rings. The Bertz CT molecular complexity index is 794. The summed E-state index contributed by atoms with van der Waals surface area (Å²) in [5.41, 5.74) is 5.98. The molecule has 0 radical (unpaired) electrons. The summed E-state index contributed by atoms with van der Waals surface area (Å²) in [5, 5.41) is 1.27. The van der Waals surface area contributed by atoms with Gasteiger partial charge in [-0.1, -0.05) is 36.4 Å². The molecule has 0 unspecified atom stereocenters. The molecule has 3 aromatic rings. The van der Waals surface area contributed by atoms with Gasteiger partial charge in [0.2, 0.25) is 0 Å². The van der Waals surface area contributed by atoms with Gasteiger partial charge in [-0.05, 0) is 18.2 Å². The highest BCUT2D eigenvalue weighted by molar-refractivity contribution is 6.19. The molecule has 18 heavy (non-hydrogen) atoms. The fraction of sp³-hybridized carbons (Fsp3) is 0.0625. The Labute approximate surface area is 105 Å². The number of aromatic nitrogens is 1. The van der Waals surface area contributed by atoms with Crippen molar-refractivity contribution in [1.82, 2.24) is 4.57 Å². The first-order chi connectivity index (χ1) is 8.90. The number of benzene rings is 2. The molecule has 0 aliphatic carbocycles. The molecule has 2 heteroatoms. The largest absolute Gasteiger partial charge is 0.307 e. The highest BCUT2D eigenvalue weighted by Gasteiger charge is 2.25. The third-order valence-corrected chi connectivity index (χ3v) is 3.58. The van der Waals surface area contributed by atoms with Gasteiger partial charge in [-0.15, -0.1) is 0 Å². The second kappa shape index (κ2) is 3.33. The maximum atomic E-state index is 4.46. The molecule has 0 saturated heterocycles. The van der Waals surface area contributed by atoms with Gasteiger partial charge in [0.05, 0.1) is 22.6 Å². The summed E-state index contributed by atoms with van der Waals surface area (Å²) in [5.74, 6) is 0. The van der Waals surface area contributed by atoms with Crippen LogP contribution in [0.3, 0.4) is 0 Å². The van der Waals surface area contributed by atoms with Gasteiger partial charge in [-0.3, -0.25) is 4.99 Å². The van der Waals surface area contributed by atoms with E-state index in [2.05, 4.69) is 64.2 Å². The van der Waals surface area contributed by atoms with Crippen LogP contribution in [0, 0.1) is 0 Å². The van der Waals surface area contributed by atoms with Crippen LogP contribution in [0.15, 0.2) is 59.6 Å². The average Bonchev–Trinajstić information content (AvgIpc) is 2.92. The molecular formula is C16H12N2. The molecule has 0 N–H and O–H groups in total. The van der Waals surface area contributed by atoms with E-state index >= 15 is 0 Å². The molecule has 2 aromatic carbocycles. The van der Waals surface area contributed by atoms with E-state index in [0.29, 0.717) is 0 Å². The molecule has 1 aromatic heterocycles. The topological polar surface area (TPSA) is 17.3 Å². The van der Waals surface area contributed by atoms with Crippen LogP contribution < -0.4 is 0 Å². The number of fused-ring (bicyclic) bond motifs is 5. The third-order valence-electron chi connectivity index (χ3n) is 3.58. The van der Waals surface area contributed by atoms with Crippen molar-refractivity contribution in [3.8, 4) is 5.69 Å². The van der Waals surface area contributed by atoms with E-state index in [9.17, 15) is 0 Å². The fourth-order valence-electron chi connectivity index (χ4n) is 2.83. The molecule has 0 spiro atoms. The lowest BCUT2D eigenvalue weighted by atomic mass is 10.1. The number of para-hydroxylation sites is 2. The van der Waals surface area contributed by atoms with E-state index in [4.69, 9.17) is 0 Å².